The molecule has 1 aliphatic rings. The van der Waals surface area contributed by atoms with Crippen molar-refractivity contribution in [3.8, 4) is 0 Å². The summed E-state index contributed by atoms with van der Waals surface area (Å²) >= 11 is 0. The fourth-order valence-electron chi connectivity index (χ4n) is 1.87. The van der Waals surface area contributed by atoms with Crippen molar-refractivity contribution in [2.24, 2.45) is 0 Å². The molecule has 0 amide bonds. The third-order valence-electron chi connectivity index (χ3n) is 2.74. The van der Waals surface area contributed by atoms with Gasteiger partial charge >= 0.3 is 0 Å². The molecule has 0 aromatic heterocycles. The number of hydrogen-bond donors (Lipinski definition) is 0. The third-order valence-corrected chi connectivity index (χ3v) is 3.33. The normalized spacial score (nSPS) is 31.8. The molecule has 1 heterocycles. The summed E-state index contributed by atoms with van der Waals surface area (Å²) in [7, 11) is -3.72. The predicted octanol–water partition coefficient (Wildman–Crippen LogP) is 1.63. The molecule has 1 aromatic rings. The summed E-state index contributed by atoms with van der Waals surface area (Å²) in [6, 6.07) is -3.72. The second-order valence-corrected chi connectivity index (χ2v) is 5.77. The molecule has 1 fully saturated rings. The van der Waals surface area contributed by atoms with Gasteiger partial charge in [-0.2, -0.15) is 8.42 Å². The first kappa shape index (κ1) is 7.03. The van der Waals surface area contributed by atoms with Gasteiger partial charge in [-0.15, -0.1) is 0 Å². The van der Waals surface area contributed by atoms with Gasteiger partial charge in [0.25, 0.3) is 10.1 Å². The Hall–Kier alpha value is -0.910. The molecule has 0 aliphatic carbocycles. The fraction of sp³-hybridized carbons (Fsp3) is 0.538. The highest BCUT2D eigenvalue weighted by Crippen LogP contribution is 2.23. The summed E-state index contributed by atoms with van der Waals surface area (Å²) in [6.07, 6.45) is 0.383. The first-order valence-electron chi connectivity index (χ1n) is 9.01. The van der Waals surface area contributed by atoms with Crippen molar-refractivity contribution < 1.29 is 22.2 Å². The molecule has 0 bridgehead atoms. The minimum atomic E-state index is -3.72. The highest BCUT2D eigenvalue weighted by Gasteiger charge is 2.33. The van der Waals surface area contributed by atoms with Crippen LogP contribution in [0.15, 0.2) is 30.2 Å². The van der Waals surface area contributed by atoms with Crippen LogP contribution in [0.25, 0.3) is 0 Å². The van der Waals surface area contributed by atoms with Crippen molar-refractivity contribution in [1.82, 2.24) is 4.90 Å². The van der Waals surface area contributed by atoms with Crippen LogP contribution in [-0.2, 0) is 20.8 Å². The minimum Gasteiger partial charge on any atom is -0.294 e. The Morgan fingerprint density at radius 1 is 1.50 bits per heavy atom. The standard InChI is InChI=1S/C13H19NO3S/c1-11-13(17-18(2,15)16)8-9-14(11)10-12-6-4-3-5-7-12/h3-7,11,13H,8-10H2,1-2H3/t11-,13+/m0/s1/i3D,4D,5D,6D,7D,10D2. The van der Waals surface area contributed by atoms with E-state index in [0.717, 1.165) is 6.26 Å². The van der Waals surface area contributed by atoms with Crippen LogP contribution in [0, 0.1) is 0 Å². The van der Waals surface area contributed by atoms with Crippen LogP contribution in [0.4, 0.5) is 0 Å². The van der Waals surface area contributed by atoms with Gasteiger partial charge in [0.1, 0.15) is 0 Å². The molecule has 1 aromatic carbocycles. The lowest BCUT2D eigenvalue weighted by molar-refractivity contribution is 0.150. The summed E-state index contributed by atoms with van der Waals surface area (Å²) in [5.74, 6) is 0. The Balaban J connectivity index is 2.47. The van der Waals surface area contributed by atoms with Gasteiger partial charge in [-0.25, -0.2) is 0 Å². The largest absolute Gasteiger partial charge is 0.294 e. The lowest BCUT2D eigenvalue weighted by Crippen LogP contribution is -2.34. The summed E-state index contributed by atoms with van der Waals surface area (Å²) in [5, 5.41) is 0. The number of rotatable bonds is 4. The monoisotopic (exact) mass is 276 g/mol. The first-order valence-corrected chi connectivity index (χ1v) is 7.33. The van der Waals surface area contributed by atoms with E-state index < -0.39 is 64.5 Å². The maximum atomic E-state index is 11.3. The highest BCUT2D eigenvalue weighted by molar-refractivity contribution is 7.86. The van der Waals surface area contributed by atoms with Gasteiger partial charge in [-0.05, 0) is 18.9 Å². The van der Waals surface area contributed by atoms with Crippen molar-refractivity contribution in [2.75, 3.05) is 12.8 Å². The quantitative estimate of drug-likeness (QED) is 0.784. The Morgan fingerprint density at radius 3 is 2.78 bits per heavy atom. The van der Waals surface area contributed by atoms with Crippen LogP contribution in [-0.4, -0.2) is 38.3 Å². The number of nitrogens with zero attached hydrogens (tertiary/aromatic N) is 1. The van der Waals surface area contributed by atoms with E-state index in [1.54, 1.807) is 6.92 Å². The molecular formula is C13H19NO3S. The van der Waals surface area contributed by atoms with Crippen molar-refractivity contribution in [1.29, 1.82) is 0 Å². The third kappa shape index (κ3) is 3.54. The van der Waals surface area contributed by atoms with E-state index in [1.165, 1.54) is 4.90 Å². The molecule has 1 aliphatic heterocycles. The molecule has 1 saturated heterocycles. The second kappa shape index (κ2) is 5.38. The molecule has 0 saturated carbocycles. The summed E-state index contributed by atoms with van der Waals surface area (Å²) in [4.78, 5) is 1.26. The molecule has 2 rings (SSSR count). The Bertz CT molecular complexity index is 770. The van der Waals surface area contributed by atoms with Crippen molar-refractivity contribution in [3.63, 3.8) is 0 Å². The molecule has 0 unspecified atom stereocenters. The number of hydrogen-bond acceptors (Lipinski definition) is 4. The van der Waals surface area contributed by atoms with Gasteiger partial charge in [0.15, 0.2) is 0 Å². The zero-order valence-electron chi connectivity index (χ0n) is 17.1. The average Bonchev–Trinajstić information content (AvgIpc) is 2.83. The number of benzene rings is 1. The van der Waals surface area contributed by atoms with Crippen molar-refractivity contribution >= 4 is 10.1 Å². The molecule has 18 heavy (non-hydrogen) atoms. The van der Waals surface area contributed by atoms with E-state index in [9.17, 15) is 8.42 Å². The Labute approximate surface area is 119 Å². The van der Waals surface area contributed by atoms with E-state index in [0.29, 0.717) is 0 Å². The molecule has 2 atom stereocenters. The smallest absolute Gasteiger partial charge is 0.264 e. The second-order valence-electron chi connectivity index (χ2n) is 4.17. The van der Waals surface area contributed by atoms with Gasteiger partial charge in [0.2, 0.25) is 0 Å². The summed E-state index contributed by atoms with van der Waals surface area (Å²) in [6.45, 7) is -0.686. The van der Waals surface area contributed by atoms with Crippen LogP contribution < -0.4 is 0 Å². The van der Waals surface area contributed by atoms with Crippen LogP contribution in [0.2, 0.25) is 0 Å². The van der Waals surface area contributed by atoms with Crippen LogP contribution in [0.1, 0.15) is 28.5 Å². The van der Waals surface area contributed by atoms with Gasteiger partial charge in [-0.1, -0.05) is 30.2 Å². The van der Waals surface area contributed by atoms with E-state index in [2.05, 4.69) is 0 Å². The van der Waals surface area contributed by atoms with Crippen molar-refractivity contribution in [3.05, 3.63) is 35.8 Å². The van der Waals surface area contributed by atoms with E-state index in [1.807, 2.05) is 0 Å². The molecule has 100 valence electrons. The molecular weight excluding hydrogens is 250 g/mol. The fourth-order valence-corrected chi connectivity index (χ4v) is 2.58. The van der Waals surface area contributed by atoms with Crippen LogP contribution in [0.3, 0.4) is 0 Å². The van der Waals surface area contributed by atoms with Gasteiger partial charge < -0.3 is 0 Å². The van der Waals surface area contributed by atoms with E-state index in [-0.39, 0.29) is 13.0 Å². The van der Waals surface area contributed by atoms with E-state index >= 15 is 0 Å². The maximum absolute atomic E-state index is 11.3. The van der Waals surface area contributed by atoms with Gasteiger partial charge in [0, 0.05) is 21.8 Å². The van der Waals surface area contributed by atoms with E-state index in [4.69, 9.17) is 13.8 Å². The van der Waals surface area contributed by atoms with Crippen molar-refractivity contribution in [2.45, 2.75) is 32.0 Å². The van der Waals surface area contributed by atoms with Gasteiger partial charge in [0.05, 0.1) is 19.2 Å². The molecule has 0 radical (unpaired) electrons. The van der Waals surface area contributed by atoms with Gasteiger partial charge in [-0.3, -0.25) is 9.08 Å². The lowest BCUT2D eigenvalue weighted by Gasteiger charge is -2.23. The maximum Gasteiger partial charge on any atom is 0.264 e. The lowest BCUT2D eigenvalue weighted by atomic mass is 10.2. The first-order chi connectivity index (χ1) is 11.3. The zero-order valence-corrected chi connectivity index (χ0v) is 11.0. The summed E-state index contributed by atoms with van der Waals surface area (Å²) in [5.41, 5.74) is -0.467. The zero-order chi connectivity index (χ0) is 19.3. The number of likely N-dealkylation sites (tertiary alicyclic amines) is 1. The molecule has 0 spiro atoms. The molecule has 5 heteroatoms. The Morgan fingerprint density at radius 2 is 2.17 bits per heavy atom. The minimum absolute atomic E-state index is 0.122. The summed E-state index contributed by atoms with van der Waals surface area (Å²) < 4.78 is 83.3. The van der Waals surface area contributed by atoms with Crippen LogP contribution in [0.5, 0.6) is 0 Å². The SMILES string of the molecule is [2H]c1c([2H])c([2H])c(C([2H])([2H])N2CC[C@@H](OS(C)(=O)=O)[C@@H]2C)c([2H])c1[2H]. The molecule has 0 N–H and O–H groups in total. The average molecular weight is 276 g/mol. The predicted molar refractivity (Wildman–Crippen MR) is 70.6 cm³/mol. The van der Waals surface area contributed by atoms with Crippen LogP contribution >= 0.6 is 0 Å². The highest BCUT2D eigenvalue weighted by atomic mass is 32.2. The topological polar surface area (TPSA) is 46.6 Å². The molecule has 4 nitrogen and oxygen atoms in total. The Kier molecular flexibility index (Phi) is 2.10.